The first-order valence-electron chi connectivity index (χ1n) is 8.65. The Hall–Kier alpha value is -3.81. The number of nitrogens with one attached hydrogen (secondary N) is 2. The Morgan fingerprint density at radius 2 is 1.71 bits per heavy atom. The zero-order valence-electron chi connectivity index (χ0n) is 15.1. The highest BCUT2D eigenvalue weighted by atomic mass is 16.6. The van der Waals surface area contributed by atoms with Gasteiger partial charge in [0.1, 0.15) is 36.8 Å². The van der Waals surface area contributed by atoms with Crippen molar-refractivity contribution in [1.82, 2.24) is 9.97 Å². The summed E-state index contributed by atoms with van der Waals surface area (Å²) in [7, 11) is 1.59. The second-order valence-corrected chi connectivity index (χ2v) is 5.95. The third-order valence-corrected chi connectivity index (χ3v) is 4.06. The van der Waals surface area contributed by atoms with Crippen LogP contribution >= 0.6 is 0 Å². The van der Waals surface area contributed by atoms with Crippen LogP contribution in [0.25, 0.3) is 0 Å². The average molecular weight is 378 g/mol. The van der Waals surface area contributed by atoms with Crippen molar-refractivity contribution >= 4 is 23.1 Å². The molecule has 1 aliphatic heterocycles. The lowest BCUT2D eigenvalue weighted by Crippen LogP contribution is -2.15. The van der Waals surface area contributed by atoms with Crippen molar-refractivity contribution in [3.8, 4) is 17.2 Å². The van der Waals surface area contributed by atoms with E-state index in [-0.39, 0.29) is 11.6 Å². The highest BCUT2D eigenvalue weighted by Crippen LogP contribution is 2.33. The number of ether oxygens (including phenoxy) is 3. The van der Waals surface area contributed by atoms with Crippen molar-refractivity contribution in [2.75, 3.05) is 31.0 Å². The van der Waals surface area contributed by atoms with E-state index >= 15 is 0 Å². The quantitative estimate of drug-likeness (QED) is 0.704. The van der Waals surface area contributed by atoms with Gasteiger partial charge in [0.15, 0.2) is 11.5 Å². The van der Waals surface area contributed by atoms with E-state index in [0.717, 1.165) is 5.69 Å². The van der Waals surface area contributed by atoms with Crippen LogP contribution in [0.15, 0.2) is 54.9 Å². The van der Waals surface area contributed by atoms with Crippen LogP contribution in [-0.4, -0.2) is 36.2 Å². The summed E-state index contributed by atoms with van der Waals surface area (Å²) < 4.78 is 16.2. The molecule has 1 aliphatic rings. The fourth-order valence-electron chi connectivity index (χ4n) is 2.69. The predicted molar refractivity (Wildman–Crippen MR) is 104 cm³/mol. The molecule has 0 bridgehead atoms. The van der Waals surface area contributed by atoms with Crippen molar-refractivity contribution in [2.45, 2.75) is 0 Å². The number of amides is 1. The van der Waals surface area contributed by atoms with E-state index in [1.54, 1.807) is 37.4 Å². The Labute approximate surface area is 161 Å². The summed E-state index contributed by atoms with van der Waals surface area (Å²) in [5.74, 6) is 2.25. The van der Waals surface area contributed by atoms with Gasteiger partial charge in [-0.3, -0.25) is 4.79 Å². The number of rotatable bonds is 5. The summed E-state index contributed by atoms with van der Waals surface area (Å²) in [6.07, 6.45) is 1.34. The van der Waals surface area contributed by atoms with E-state index in [2.05, 4.69) is 20.6 Å². The lowest BCUT2D eigenvalue weighted by Gasteiger charge is -2.19. The van der Waals surface area contributed by atoms with Crippen molar-refractivity contribution < 1.29 is 19.0 Å². The maximum Gasteiger partial charge on any atom is 0.274 e. The summed E-state index contributed by atoms with van der Waals surface area (Å²) in [6.45, 7) is 1.05. The van der Waals surface area contributed by atoms with Gasteiger partial charge in [-0.1, -0.05) is 0 Å². The maximum absolute atomic E-state index is 12.5. The molecule has 0 saturated carbocycles. The molecular weight excluding hydrogens is 360 g/mol. The van der Waals surface area contributed by atoms with E-state index in [9.17, 15) is 4.79 Å². The van der Waals surface area contributed by atoms with Gasteiger partial charge >= 0.3 is 0 Å². The predicted octanol–water partition coefficient (Wildman–Crippen LogP) is 3.25. The van der Waals surface area contributed by atoms with Crippen LogP contribution in [0.3, 0.4) is 0 Å². The van der Waals surface area contributed by atoms with E-state index in [4.69, 9.17) is 14.2 Å². The minimum Gasteiger partial charge on any atom is -0.497 e. The molecular formula is C20H18N4O4. The highest BCUT2D eigenvalue weighted by molar-refractivity contribution is 6.03. The van der Waals surface area contributed by atoms with Gasteiger partial charge in [0, 0.05) is 23.5 Å². The molecule has 0 aliphatic carbocycles. The van der Waals surface area contributed by atoms with Gasteiger partial charge < -0.3 is 24.8 Å². The third-order valence-electron chi connectivity index (χ3n) is 4.06. The van der Waals surface area contributed by atoms with Crippen LogP contribution in [0.4, 0.5) is 17.2 Å². The van der Waals surface area contributed by atoms with E-state index in [0.29, 0.717) is 42.0 Å². The number of fused-ring (bicyclic) bond motifs is 1. The minimum absolute atomic E-state index is 0.242. The first-order valence-corrected chi connectivity index (χ1v) is 8.65. The molecule has 4 rings (SSSR count). The van der Waals surface area contributed by atoms with Crippen molar-refractivity contribution in [3.05, 3.63) is 60.6 Å². The molecule has 2 heterocycles. The molecule has 2 aromatic carbocycles. The van der Waals surface area contributed by atoms with Crippen LogP contribution in [0.1, 0.15) is 10.5 Å². The summed E-state index contributed by atoms with van der Waals surface area (Å²) in [5, 5.41) is 5.94. The average Bonchev–Trinajstić information content (AvgIpc) is 2.74. The number of aromatic nitrogens is 2. The zero-order chi connectivity index (χ0) is 19.3. The Bertz CT molecular complexity index is 992. The molecule has 142 valence electrons. The molecule has 0 radical (unpaired) electrons. The summed E-state index contributed by atoms with van der Waals surface area (Å²) in [5.41, 5.74) is 1.65. The maximum atomic E-state index is 12.5. The number of nitrogens with zero attached hydrogens (tertiary/aromatic N) is 2. The topological polar surface area (TPSA) is 94.6 Å². The fraction of sp³-hybridized carbons (Fsp3) is 0.150. The van der Waals surface area contributed by atoms with Gasteiger partial charge in [0.25, 0.3) is 5.91 Å². The number of methoxy groups -OCH3 is 1. The Morgan fingerprint density at radius 3 is 2.50 bits per heavy atom. The van der Waals surface area contributed by atoms with E-state index in [1.165, 1.54) is 6.33 Å². The van der Waals surface area contributed by atoms with Crippen molar-refractivity contribution in [2.24, 2.45) is 0 Å². The number of carbonyl (C=O) groups is 1. The van der Waals surface area contributed by atoms with Crippen LogP contribution in [0.5, 0.6) is 17.2 Å². The monoisotopic (exact) mass is 378 g/mol. The molecule has 8 heteroatoms. The Morgan fingerprint density at radius 1 is 0.964 bits per heavy atom. The Balaban J connectivity index is 1.47. The second kappa shape index (κ2) is 7.83. The van der Waals surface area contributed by atoms with Crippen LogP contribution < -0.4 is 24.8 Å². The number of hydrogen-bond acceptors (Lipinski definition) is 7. The molecule has 0 atom stereocenters. The molecule has 0 spiro atoms. The Kier molecular flexibility index (Phi) is 4.92. The number of anilines is 3. The van der Waals surface area contributed by atoms with Gasteiger partial charge in [-0.15, -0.1) is 0 Å². The number of hydrogen-bond donors (Lipinski definition) is 2. The lowest BCUT2D eigenvalue weighted by atomic mass is 10.2. The minimum atomic E-state index is -0.335. The lowest BCUT2D eigenvalue weighted by molar-refractivity contribution is 0.102. The van der Waals surface area contributed by atoms with Crippen LogP contribution in [0.2, 0.25) is 0 Å². The number of benzene rings is 2. The molecule has 2 N–H and O–H groups in total. The van der Waals surface area contributed by atoms with Crippen LogP contribution in [-0.2, 0) is 0 Å². The summed E-state index contributed by atoms with van der Waals surface area (Å²) in [4.78, 5) is 20.7. The molecule has 0 saturated heterocycles. The third kappa shape index (κ3) is 3.96. The van der Waals surface area contributed by atoms with E-state index in [1.807, 2.05) is 18.2 Å². The zero-order valence-corrected chi connectivity index (χ0v) is 15.1. The highest BCUT2D eigenvalue weighted by Gasteiger charge is 2.13. The molecule has 1 aromatic heterocycles. The molecule has 1 amide bonds. The molecule has 28 heavy (non-hydrogen) atoms. The van der Waals surface area contributed by atoms with Gasteiger partial charge in [-0.25, -0.2) is 9.97 Å². The van der Waals surface area contributed by atoms with Crippen molar-refractivity contribution in [3.63, 3.8) is 0 Å². The van der Waals surface area contributed by atoms with Crippen molar-refractivity contribution in [1.29, 1.82) is 0 Å². The SMILES string of the molecule is COc1ccc(NC(=O)c2cc(Nc3ccc4c(c3)OCCO4)ncn2)cc1. The smallest absolute Gasteiger partial charge is 0.274 e. The summed E-state index contributed by atoms with van der Waals surface area (Å²) in [6, 6.07) is 14.1. The van der Waals surface area contributed by atoms with Gasteiger partial charge in [0.2, 0.25) is 0 Å². The molecule has 8 nitrogen and oxygen atoms in total. The number of carbonyl (C=O) groups excluding carboxylic acids is 1. The first-order chi connectivity index (χ1) is 13.7. The molecule has 3 aromatic rings. The summed E-state index contributed by atoms with van der Waals surface area (Å²) >= 11 is 0. The van der Waals surface area contributed by atoms with Gasteiger partial charge in [-0.2, -0.15) is 0 Å². The van der Waals surface area contributed by atoms with Crippen LogP contribution in [0, 0.1) is 0 Å². The van der Waals surface area contributed by atoms with Gasteiger partial charge in [0.05, 0.1) is 7.11 Å². The largest absolute Gasteiger partial charge is 0.497 e. The standard InChI is InChI=1S/C20H18N4O4/c1-26-15-5-2-13(3-6-15)24-20(25)16-11-19(22-12-21-16)23-14-4-7-17-18(10-14)28-9-8-27-17/h2-7,10-12H,8-9H2,1H3,(H,24,25)(H,21,22,23). The van der Waals surface area contributed by atoms with Gasteiger partial charge in [-0.05, 0) is 36.4 Å². The molecule has 0 unspecified atom stereocenters. The molecule has 0 fully saturated rings. The second-order valence-electron chi connectivity index (χ2n) is 5.95. The first kappa shape index (κ1) is 17.6. The fourth-order valence-corrected chi connectivity index (χ4v) is 2.69. The normalized spacial score (nSPS) is 12.2. The van der Waals surface area contributed by atoms with E-state index < -0.39 is 0 Å².